The fourth-order valence-electron chi connectivity index (χ4n) is 6.57. The first-order valence-electron chi connectivity index (χ1n) is 20.5. The lowest BCUT2D eigenvalue weighted by Gasteiger charge is -2.28. The van der Waals surface area contributed by atoms with Crippen molar-refractivity contribution >= 4 is 5.91 Å². The summed E-state index contributed by atoms with van der Waals surface area (Å²) in [5, 5.41) is 0. The van der Waals surface area contributed by atoms with Crippen LogP contribution in [-0.4, -0.2) is 56.1 Å². The summed E-state index contributed by atoms with van der Waals surface area (Å²) < 4.78 is 0.729. The van der Waals surface area contributed by atoms with E-state index in [9.17, 15) is 4.79 Å². The Hall–Kier alpha value is -0.570. The molecule has 0 aromatic carbocycles. The third kappa shape index (κ3) is 34.3. The largest absolute Gasteiger partial charge is 0.338 e. The molecule has 0 saturated carbocycles. The molecule has 3 heteroatoms. The first-order chi connectivity index (χ1) is 21.4. The summed E-state index contributed by atoms with van der Waals surface area (Å²) in [6, 6.07) is 0. The molecule has 0 N–H and O–H groups in total. The van der Waals surface area contributed by atoms with E-state index < -0.39 is 0 Å². The SMILES string of the molecule is CCCCCCCCCCCCCCCCCCN(CCCCCCCCCCCCCCCCCC)C(=O)C[N+](C)(C)C. The van der Waals surface area contributed by atoms with Crippen LogP contribution < -0.4 is 0 Å². The molecule has 0 aliphatic heterocycles. The predicted octanol–water partition coefficient (Wildman–Crippen LogP) is 13.0. The van der Waals surface area contributed by atoms with Gasteiger partial charge in [-0.2, -0.15) is 0 Å². The van der Waals surface area contributed by atoms with Crippen molar-refractivity contribution in [3.63, 3.8) is 0 Å². The minimum Gasteiger partial charge on any atom is -0.338 e. The second-order valence-electron chi connectivity index (χ2n) is 15.4. The average molecular weight is 622 g/mol. The molecule has 0 bridgehead atoms. The highest BCUT2D eigenvalue weighted by Crippen LogP contribution is 2.16. The Morgan fingerprint density at radius 2 is 0.568 bits per heavy atom. The quantitative estimate of drug-likeness (QED) is 0.0503. The Morgan fingerprint density at radius 3 is 0.773 bits per heavy atom. The molecule has 0 heterocycles. The van der Waals surface area contributed by atoms with E-state index in [0.717, 1.165) is 17.6 Å². The molecular formula is C41H85N2O+. The summed E-state index contributed by atoms with van der Waals surface area (Å²) in [6.07, 6.45) is 44.7. The Morgan fingerprint density at radius 1 is 0.364 bits per heavy atom. The molecule has 0 aliphatic carbocycles. The normalized spacial score (nSPS) is 11.8. The van der Waals surface area contributed by atoms with Gasteiger partial charge in [0.1, 0.15) is 0 Å². The van der Waals surface area contributed by atoms with Gasteiger partial charge in [-0.15, -0.1) is 0 Å². The fourth-order valence-corrected chi connectivity index (χ4v) is 6.57. The first kappa shape index (κ1) is 43.4. The van der Waals surface area contributed by atoms with Crippen molar-refractivity contribution in [2.45, 2.75) is 219 Å². The second kappa shape index (κ2) is 33.8. The number of rotatable bonds is 36. The minimum atomic E-state index is 0.361. The molecule has 0 fully saturated rings. The number of amides is 1. The fraction of sp³-hybridized carbons (Fsp3) is 0.976. The zero-order chi connectivity index (χ0) is 32.4. The lowest BCUT2D eigenvalue weighted by Crippen LogP contribution is -2.46. The highest BCUT2D eigenvalue weighted by molar-refractivity contribution is 5.77. The Kier molecular flexibility index (Phi) is 33.3. The molecule has 0 unspecified atom stereocenters. The van der Waals surface area contributed by atoms with Crippen LogP contribution in [0.3, 0.4) is 0 Å². The molecular weight excluding hydrogens is 536 g/mol. The monoisotopic (exact) mass is 622 g/mol. The van der Waals surface area contributed by atoms with Gasteiger partial charge in [-0.05, 0) is 12.8 Å². The van der Waals surface area contributed by atoms with Gasteiger partial charge >= 0.3 is 0 Å². The molecule has 0 atom stereocenters. The maximum absolute atomic E-state index is 13.1. The summed E-state index contributed by atoms with van der Waals surface area (Å²) >= 11 is 0. The van der Waals surface area contributed by atoms with Crippen molar-refractivity contribution < 1.29 is 9.28 Å². The molecule has 0 aromatic heterocycles. The van der Waals surface area contributed by atoms with Gasteiger partial charge in [0, 0.05) is 13.1 Å². The van der Waals surface area contributed by atoms with Gasteiger partial charge in [-0.25, -0.2) is 0 Å². The Labute approximate surface area is 279 Å². The number of hydrogen-bond acceptors (Lipinski definition) is 1. The molecule has 0 radical (unpaired) electrons. The number of quaternary nitrogens is 1. The van der Waals surface area contributed by atoms with Crippen LogP contribution in [0.15, 0.2) is 0 Å². The summed E-state index contributed by atoms with van der Waals surface area (Å²) in [7, 11) is 6.41. The lowest BCUT2D eigenvalue weighted by atomic mass is 10.0. The van der Waals surface area contributed by atoms with Crippen LogP contribution in [0.1, 0.15) is 219 Å². The van der Waals surface area contributed by atoms with Crippen molar-refractivity contribution in [1.29, 1.82) is 0 Å². The summed E-state index contributed by atoms with van der Waals surface area (Å²) in [6.45, 7) is 7.16. The van der Waals surface area contributed by atoms with Crippen molar-refractivity contribution in [1.82, 2.24) is 4.90 Å². The Balaban J connectivity index is 3.77. The van der Waals surface area contributed by atoms with Crippen molar-refractivity contribution in [3.05, 3.63) is 0 Å². The van der Waals surface area contributed by atoms with Crippen LogP contribution in [0.4, 0.5) is 0 Å². The highest BCUT2D eigenvalue weighted by Gasteiger charge is 2.20. The van der Waals surface area contributed by atoms with Crippen LogP contribution in [0.25, 0.3) is 0 Å². The predicted molar refractivity (Wildman–Crippen MR) is 199 cm³/mol. The van der Waals surface area contributed by atoms with E-state index in [1.54, 1.807) is 0 Å². The first-order valence-corrected chi connectivity index (χ1v) is 20.5. The number of hydrogen-bond donors (Lipinski definition) is 0. The molecule has 0 aliphatic rings. The lowest BCUT2D eigenvalue weighted by molar-refractivity contribution is -0.862. The van der Waals surface area contributed by atoms with E-state index in [4.69, 9.17) is 0 Å². The maximum atomic E-state index is 13.1. The number of nitrogens with zero attached hydrogens (tertiary/aromatic N) is 2. The van der Waals surface area contributed by atoms with Crippen molar-refractivity contribution in [3.8, 4) is 0 Å². The standard InChI is InChI=1S/C41H85N2O/c1-6-8-10-12-14-16-18-20-22-24-26-28-30-32-34-36-38-42(41(44)40-43(3,4)5)39-37-35-33-31-29-27-25-23-21-19-17-15-13-11-9-7-2/h6-40H2,1-5H3/q+1. The van der Waals surface area contributed by atoms with E-state index in [1.807, 2.05) is 0 Å². The van der Waals surface area contributed by atoms with Crippen LogP contribution >= 0.6 is 0 Å². The van der Waals surface area contributed by atoms with E-state index in [0.29, 0.717) is 12.5 Å². The van der Waals surface area contributed by atoms with Gasteiger partial charge in [-0.1, -0.05) is 206 Å². The minimum absolute atomic E-state index is 0.361. The highest BCUT2D eigenvalue weighted by atomic mass is 16.2. The zero-order valence-electron chi connectivity index (χ0n) is 31.6. The average Bonchev–Trinajstić information content (AvgIpc) is 2.98. The van der Waals surface area contributed by atoms with Gasteiger partial charge in [-0.3, -0.25) is 4.79 Å². The molecule has 3 nitrogen and oxygen atoms in total. The van der Waals surface area contributed by atoms with E-state index in [-0.39, 0.29) is 0 Å². The molecule has 44 heavy (non-hydrogen) atoms. The molecule has 264 valence electrons. The molecule has 0 aromatic rings. The summed E-state index contributed by atoms with van der Waals surface area (Å²) in [5.74, 6) is 0.361. The van der Waals surface area contributed by atoms with Gasteiger partial charge in [0.15, 0.2) is 6.54 Å². The summed E-state index contributed by atoms with van der Waals surface area (Å²) in [5.41, 5.74) is 0. The third-order valence-corrected chi connectivity index (χ3v) is 9.53. The number of likely N-dealkylation sites (N-methyl/N-ethyl adjacent to an activating group) is 1. The van der Waals surface area contributed by atoms with Crippen molar-refractivity contribution in [2.75, 3.05) is 40.8 Å². The summed E-state index contributed by atoms with van der Waals surface area (Å²) in [4.78, 5) is 15.3. The number of carbonyl (C=O) groups excluding carboxylic acids is 1. The topological polar surface area (TPSA) is 20.3 Å². The Bertz CT molecular complexity index is 533. The maximum Gasteiger partial charge on any atom is 0.277 e. The van der Waals surface area contributed by atoms with Gasteiger partial charge in [0.2, 0.25) is 0 Å². The van der Waals surface area contributed by atoms with Crippen LogP contribution in [-0.2, 0) is 4.79 Å². The van der Waals surface area contributed by atoms with Crippen LogP contribution in [0, 0.1) is 0 Å². The molecule has 0 saturated heterocycles. The molecule has 0 spiro atoms. The van der Waals surface area contributed by atoms with Gasteiger partial charge in [0.05, 0.1) is 21.1 Å². The second-order valence-corrected chi connectivity index (χ2v) is 15.4. The molecule has 0 rings (SSSR count). The van der Waals surface area contributed by atoms with E-state index >= 15 is 0 Å². The zero-order valence-corrected chi connectivity index (χ0v) is 31.6. The molecule has 1 amide bonds. The van der Waals surface area contributed by atoms with Gasteiger partial charge in [0.25, 0.3) is 5.91 Å². The number of carbonyl (C=O) groups is 1. The smallest absolute Gasteiger partial charge is 0.277 e. The number of unbranched alkanes of at least 4 members (excludes halogenated alkanes) is 30. The van der Waals surface area contributed by atoms with E-state index in [1.165, 1.54) is 205 Å². The van der Waals surface area contributed by atoms with Gasteiger partial charge < -0.3 is 9.38 Å². The van der Waals surface area contributed by atoms with E-state index in [2.05, 4.69) is 39.9 Å². The van der Waals surface area contributed by atoms with Crippen LogP contribution in [0.2, 0.25) is 0 Å². The van der Waals surface area contributed by atoms with Crippen LogP contribution in [0.5, 0.6) is 0 Å². The van der Waals surface area contributed by atoms with Crippen molar-refractivity contribution in [2.24, 2.45) is 0 Å². The third-order valence-electron chi connectivity index (χ3n) is 9.53.